The van der Waals surface area contributed by atoms with Crippen molar-refractivity contribution < 1.29 is 4.79 Å². The second kappa shape index (κ2) is 4.97. The molecular weight excluding hydrogens is 236 g/mol. The Bertz CT molecular complexity index is 484. The standard InChI is InChI=1S/C16H24N2O/c1-11-8-13(16(2,3)4)6-7-14(11)18(5)15(19)12-9-17-10-12/h6-8,12,17H,9-10H2,1-5H3. The highest BCUT2D eigenvalue weighted by Gasteiger charge is 2.28. The topological polar surface area (TPSA) is 32.3 Å². The average Bonchev–Trinajstić information content (AvgIpc) is 2.24. The first-order valence-electron chi connectivity index (χ1n) is 6.90. The zero-order chi connectivity index (χ0) is 14.2. The van der Waals surface area contributed by atoms with Gasteiger partial charge in [-0.15, -0.1) is 0 Å². The number of hydrogen-bond acceptors (Lipinski definition) is 2. The van der Waals surface area contributed by atoms with Crippen LogP contribution in [-0.2, 0) is 10.2 Å². The molecule has 2 rings (SSSR count). The number of carbonyl (C=O) groups excluding carboxylic acids is 1. The molecule has 0 bridgehead atoms. The lowest BCUT2D eigenvalue weighted by Crippen LogP contribution is -2.51. The molecule has 0 unspecified atom stereocenters. The van der Waals surface area contributed by atoms with E-state index in [4.69, 9.17) is 0 Å². The fourth-order valence-corrected chi connectivity index (χ4v) is 2.35. The minimum atomic E-state index is 0.143. The summed E-state index contributed by atoms with van der Waals surface area (Å²) in [6, 6.07) is 6.39. The Hall–Kier alpha value is -1.35. The van der Waals surface area contributed by atoms with E-state index in [2.05, 4.69) is 51.2 Å². The maximum atomic E-state index is 12.2. The molecule has 1 aromatic rings. The minimum Gasteiger partial charge on any atom is -0.315 e. The van der Waals surface area contributed by atoms with Crippen LogP contribution in [0, 0.1) is 12.8 Å². The lowest BCUT2D eigenvalue weighted by Gasteiger charge is -2.31. The van der Waals surface area contributed by atoms with Crippen molar-refractivity contribution in [1.82, 2.24) is 5.32 Å². The van der Waals surface area contributed by atoms with Crippen LogP contribution in [0.3, 0.4) is 0 Å². The zero-order valence-electron chi connectivity index (χ0n) is 12.6. The van der Waals surface area contributed by atoms with Gasteiger partial charge in [-0.1, -0.05) is 32.9 Å². The molecule has 0 saturated carbocycles. The first-order valence-corrected chi connectivity index (χ1v) is 6.90. The molecule has 0 aliphatic carbocycles. The van der Waals surface area contributed by atoms with Crippen molar-refractivity contribution in [2.24, 2.45) is 5.92 Å². The molecule has 1 saturated heterocycles. The molecule has 1 heterocycles. The Labute approximate surface area is 116 Å². The minimum absolute atomic E-state index is 0.143. The van der Waals surface area contributed by atoms with Crippen LogP contribution in [0.4, 0.5) is 5.69 Å². The van der Waals surface area contributed by atoms with Crippen molar-refractivity contribution in [2.75, 3.05) is 25.0 Å². The van der Waals surface area contributed by atoms with E-state index in [-0.39, 0.29) is 17.2 Å². The quantitative estimate of drug-likeness (QED) is 0.886. The number of nitrogens with one attached hydrogen (secondary N) is 1. The van der Waals surface area contributed by atoms with Crippen molar-refractivity contribution in [2.45, 2.75) is 33.1 Å². The molecule has 1 aromatic carbocycles. The highest BCUT2D eigenvalue weighted by Crippen LogP contribution is 2.28. The fourth-order valence-electron chi connectivity index (χ4n) is 2.35. The monoisotopic (exact) mass is 260 g/mol. The third kappa shape index (κ3) is 2.81. The van der Waals surface area contributed by atoms with Crippen molar-refractivity contribution in [3.8, 4) is 0 Å². The van der Waals surface area contributed by atoms with Gasteiger partial charge in [-0.2, -0.15) is 0 Å². The third-order valence-electron chi connectivity index (χ3n) is 3.89. The van der Waals surface area contributed by atoms with Crippen LogP contribution in [0.2, 0.25) is 0 Å². The van der Waals surface area contributed by atoms with Gasteiger partial charge in [0, 0.05) is 25.8 Å². The molecule has 0 radical (unpaired) electrons. The van der Waals surface area contributed by atoms with E-state index < -0.39 is 0 Å². The van der Waals surface area contributed by atoms with E-state index in [0.717, 1.165) is 24.3 Å². The summed E-state index contributed by atoms with van der Waals surface area (Å²) < 4.78 is 0. The first-order chi connectivity index (χ1) is 8.80. The van der Waals surface area contributed by atoms with Crippen molar-refractivity contribution in [1.29, 1.82) is 0 Å². The number of carbonyl (C=O) groups is 1. The number of aryl methyl sites for hydroxylation is 1. The summed E-state index contributed by atoms with van der Waals surface area (Å²) in [5.41, 5.74) is 3.63. The Morgan fingerprint density at radius 2 is 1.95 bits per heavy atom. The molecule has 0 spiro atoms. The summed E-state index contributed by atoms with van der Waals surface area (Å²) in [5, 5.41) is 3.14. The lowest BCUT2D eigenvalue weighted by molar-refractivity contribution is -0.123. The summed E-state index contributed by atoms with van der Waals surface area (Å²) in [5.74, 6) is 0.358. The molecule has 3 nitrogen and oxygen atoms in total. The molecule has 1 N–H and O–H groups in total. The second-order valence-corrected chi connectivity index (χ2v) is 6.50. The van der Waals surface area contributed by atoms with E-state index >= 15 is 0 Å². The number of hydrogen-bond donors (Lipinski definition) is 1. The predicted octanol–water partition coefficient (Wildman–Crippen LogP) is 2.47. The van der Waals surface area contributed by atoms with Gasteiger partial charge in [0.1, 0.15) is 0 Å². The van der Waals surface area contributed by atoms with Gasteiger partial charge in [-0.05, 0) is 29.5 Å². The Morgan fingerprint density at radius 3 is 2.37 bits per heavy atom. The van der Waals surface area contributed by atoms with Gasteiger partial charge >= 0.3 is 0 Å². The summed E-state index contributed by atoms with van der Waals surface area (Å²) in [6.07, 6.45) is 0. The van der Waals surface area contributed by atoms with Gasteiger partial charge in [0.25, 0.3) is 0 Å². The molecule has 1 aliphatic rings. The van der Waals surface area contributed by atoms with Gasteiger partial charge in [0.05, 0.1) is 5.92 Å². The van der Waals surface area contributed by atoms with Crippen LogP contribution in [-0.4, -0.2) is 26.0 Å². The molecule has 104 valence electrons. The molecule has 19 heavy (non-hydrogen) atoms. The first kappa shape index (κ1) is 14.1. The summed E-state index contributed by atoms with van der Waals surface area (Å²) in [4.78, 5) is 14.0. The number of nitrogens with zero attached hydrogens (tertiary/aromatic N) is 1. The highest BCUT2D eigenvalue weighted by atomic mass is 16.2. The van der Waals surface area contributed by atoms with Crippen molar-refractivity contribution in [3.05, 3.63) is 29.3 Å². The Kier molecular flexibility index (Phi) is 3.68. The van der Waals surface area contributed by atoms with E-state index in [1.165, 1.54) is 5.56 Å². The van der Waals surface area contributed by atoms with E-state index in [0.29, 0.717) is 0 Å². The van der Waals surface area contributed by atoms with Crippen LogP contribution in [0.25, 0.3) is 0 Å². The lowest BCUT2D eigenvalue weighted by atomic mass is 9.86. The summed E-state index contributed by atoms with van der Waals surface area (Å²) >= 11 is 0. The molecule has 1 aliphatic heterocycles. The number of benzene rings is 1. The SMILES string of the molecule is Cc1cc(C(C)(C)C)ccc1N(C)C(=O)C1CNC1. The molecule has 3 heteroatoms. The predicted molar refractivity (Wildman–Crippen MR) is 79.6 cm³/mol. The summed E-state index contributed by atoms with van der Waals surface area (Å²) in [7, 11) is 1.87. The largest absolute Gasteiger partial charge is 0.315 e. The van der Waals surface area contributed by atoms with Gasteiger partial charge in [-0.3, -0.25) is 4.79 Å². The second-order valence-electron chi connectivity index (χ2n) is 6.50. The third-order valence-corrected chi connectivity index (χ3v) is 3.89. The molecule has 0 atom stereocenters. The number of anilines is 1. The molecular formula is C16H24N2O. The van der Waals surface area contributed by atoms with Gasteiger partial charge < -0.3 is 10.2 Å². The van der Waals surface area contributed by atoms with Gasteiger partial charge in [0.2, 0.25) is 5.91 Å². The van der Waals surface area contributed by atoms with Crippen molar-refractivity contribution >= 4 is 11.6 Å². The maximum absolute atomic E-state index is 12.2. The number of amides is 1. The van der Waals surface area contributed by atoms with E-state index in [1.54, 1.807) is 4.90 Å². The molecule has 1 amide bonds. The number of rotatable bonds is 2. The van der Waals surface area contributed by atoms with Crippen LogP contribution >= 0.6 is 0 Å². The molecule has 0 aromatic heterocycles. The zero-order valence-corrected chi connectivity index (χ0v) is 12.6. The highest BCUT2D eigenvalue weighted by molar-refractivity contribution is 5.96. The smallest absolute Gasteiger partial charge is 0.232 e. The van der Waals surface area contributed by atoms with Crippen molar-refractivity contribution in [3.63, 3.8) is 0 Å². The van der Waals surface area contributed by atoms with Crippen LogP contribution < -0.4 is 10.2 Å². The Balaban J connectivity index is 2.23. The Morgan fingerprint density at radius 1 is 1.32 bits per heavy atom. The average molecular weight is 260 g/mol. The van der Waals surface area contributed by atoms with Gasteiger partial charge in [-0.25, -0.2) is 0 Å². The van der Waals surface area contributed by atoms with Crippen LogP contribution in [0.5, 0.6) is 0 Å². The maximum Gasteiger partial charge on any atom is 0.232 e. The molecule has 1 fully saturated rings. The van der Waals surface area contributed by atoms with E-state index in [9.17, 15) is 4.79 Å². The van der Waals surface area contributed by atoms with E-state index in [1.807, 2.05) is 7.05 Å². The van der Waals surface area contributed by atoms with Crippen LogP contribution in [0.1, 0.15) is 31.9 Å². The normalized spacial score (nSPS) is 16.1. The van der Waals surface area contributed by atoms with Gasteiger partial charge in [0.15, 0.2) is 0 Å². The van der Waals surface area contributed by atoms with Crippen LogP contribution in [0.15, 0.2) is 18.2 Å². The summed E-state index contributed by atoms with van der Waals surface area (Å²) in [6.45, 7) is 10.3. The fraction of sp³-hybridized carbons (Fsp3) is 0.562.